The summed E-state index contributed by atoms with van der Waals surface area (Å²) in [5.41, 5.74) is 3.62. The van der Waals surface area contributed by atoms with Crippen LogP contribution in [0.5, 0.6) is 0 Å². The summed E-state index contributed by atoms with van der Waals surface area (Å²) in [5.74, 6) is 0.289. The zero-order valence-corrected chi connectivity index (χ0v) is 16.3. The minimum atomic E-state index is -0.0722. The van der Waals surface area contributed by atoms with E-state index in [0.29, 0.717) is 24.6 Å². The second-order valence-corrected chi connectivity index (χ2v) is 7.07. The molecule has 0 saturated heterocycles. The largest absolute Gasteiger partial charge is 0.376 e. The molecule has 0 aliphatic rings. The number of nitrogens with one attached hydrogen (secondary N) is 3. The van der Waals surface area contributed by atoms with Crippen LogP contribution in [0, 0.1) is 12.8 Å². The molecular weight excluding hydrogens is 338 g/mol. The molecule has 0 fully saturated rings. The van der Waals surface area contributed by atoms with Crippen LogP contribution in [-0.4, -0.2) is 31.4 Å². The molecule has 144 valence electrons. The van der Waals surface area contributed by atoms with Crippen LogP contribution >= 0.6 is 0 Å². The number of aryl methyl sites for hydroxylation is 1. The molecule has 5 heteroatoms. The summed E-state index contributed by atoms with van der Waals surface area (Å²) >= 11 is 0. The van der Waals surface area contributed by atoms with Gasteiger partial charge in [-0.3, -0.25) is 9.59 Å². The molecule has 0 atom stereocenters. The van der Waals surface area contributed by atoms with E-state index in [1.165, 1.54) is 5.56 Å². The quantitative estimate of drug-likeness (QED) is 0.638. The molecule has 5 nitrogen and oxygen atoms in total. The molecule has 0 bridgehead atoms. The number of carbonyl (C=O) groups is 2. The topological polar surface area (TPSA) is 70.2 Å². The summed E-state index contributed by atoms with van der Waals surface area (Å²) < 4.78 is 0. The van der Waals surface area contributed by atoms with Gasteiger partial charge in [-0.1, -0.05) is 44.2 Å². The maximum absolute atomic E-state index is 12.1. The molecule has 2 rings (SSSR count). The van der Waals surface area contributed by atoms with Gasteiger partial charge >= 0.3 is 0 Å². The van der Waals surface area contributed by atoms with Gasteiger partial charge in [0, 0.05) is 24.3 Å². The first-order chi connectivity index (χ1) is 13.0. The minimum Gasteiger partial charge on any atom is -0.376 e. The van der Waals surface area contributed by atoms with Crippen LogP contribution in [0.3, 0.4) is 0 Å². The lowest BCUT2D eigenvalue weighted by molar-refractivity contribution is -0.119. The Labute approximate surface area is 161 Å². The Morgan fingerprint density at radius 2 is 1.74 bits per heavy atom. The van der Waals surface area contributed by atoms with E-state index in [0.717, 1.165) is 17.7 Å². The first-order valence-electron chi connectivity index (χ1n) is 9.39. The summed E-state index contributed by atoms with van der Waals surface area (Å²) in [6, 6.07) is 15.5. The van der Waals surface area contributed by atoms with E-state index >= 15 is 0 Å². The Bertz CT molecular complexity index is 757. The van der Waals surface area contributed by atoms with Crippen molar-refractivity contribution < 1.29 is 9.59 Å². The Hall–Kier alpha value is -2.82. The average Bonchev–Trinajstić information content (AvgIpc) is 2.66. The van der Waals surface area contributed by atoms with Gasteiger partial charge in [0.25, 0.3) is 5.91 Å². The van der Waals surface area contributed by atoms with E-state index in [2.05, 4.69) is 29.8 Å². The second kappa shape index (κ2) is 10.4. The number of carbonyl (C=O) groups excluding carboxylic acids is 2. The van der Waals surface area contributed by atoms with Crippen molar-refractivity contribution in [3.05, 3.63) is 65.2 Å². The van der Waals surface area contributed by atoms with E-state index in [1.54, 1.807) is 6.07 Å². The molecule has 27 heavy (non-hydrogen) atoms. The van der Waals surface area contributed by atoms with Crippen LogP contribution in [0.2, 0.25) is 0 Å². The predicted molar refractivity (Wildman–Crippen MR) is 110 cm³/mol. The van der Waals surface area contributed by atoms with E-state index in [4.69, 9.17) is 0 Å². The van der Waals surface area contributed by atoms with Crippen LogP contribution in [0.1, 0.15) is 35.3 Å². The number of benzene rings is 2. The summed E-state index contributed by atoms with van der Waals surface area (Å²) in [4.78, 5) is 24.1. The van der Waals surface area contributed by atoms with Gasteiger partial charge in [0.05, 0.1) is 6.54 Å². The normalized spacial score (nSPS) is 10.5. The smallest absolute Gasteiger partial charge is 0.251 e. The van der Waals surface area contributed by atoms with Gasteiger partial charge in [-0.15, -0.1) is 0 Å². The van der Waals surface area contributed by atoms with Gasteiger partial charge in [0.2, 0.25) is 5.91 Å². The molecule has 2 aromatic rings. The molecule has 0 saturated carbocycles. The van der Waals surface area contributed by atoms with Crippen molar-refractivity contribution in [1.29, 1.82) is 0 Å². The highest BCUT2D eigenvalue weighted by molar-refractivity contribution is 5.95. The van der Waals surface area contributed by atoms with Crippen LogP contribution in [0.25, 0.3) is 0 Å². The SMILES string of the molecule is Cc1cc(C(=O)NCC(C)C)ccc1NCC(=O)NCCc1ccccc1. The molecule has 0 aliphatic heterocycles. The maximum atomic E-state index is 12.1. The highest BCUT2D eigenvalue weighted by Crippen LogP contribution is 2.16. The second-order valence-electron chi connectivity index (χ2n) is 7.07. The molecule has 2 amide bonds. The third-order valence-electron chi connectivity index (χ3n) is 4.18. The monoisotopic (exact) mass is 367 g/mol. The van der Waals surface area contributed by atoms with Gasteiger partial charge < -0.3 is 16.0 Å². The Morgan fingerprint density at radius 1 is 1.00 bits per heavy atom. The number of hydrogen-bond acceptors (Lipinski definition) is 3. The third kappa shape index (κ3) is 7.13. The van der Waals surface area contributed by atoms with Crippen LogP contribution in [0.4, 0.5) is 5.69 Å². The first-order valence-corrected chi connectivity index (χ1v) is 9.39. The number of hydrogen-bond donors (Lipinski definition) is 3. The Kier molecular flexibility index (Phi) is 7.86. The molecule has 2 aromatic carbocycles. The van der Waals surface area contributed by atoms with Gasteiger partial charge in [-0.25, -0.2) is 0 Å². The number of rotatable bonds is 9. The van der Waals surface area contributed by atoms with E-state index in [-0.39, 0.29) is 18.4 Å². The molecule has 0 aromatic heterocycles. The maximum Gasteiger partial charge on any atom is 0.251 e. The highest BCUT2D eigenvalue weighted by Gasteiger charge is 2.09. The van der Waals surface area contributed by atoms with Gasteiger partial charge in [0.15, 0.2) is 0 Å². The van der Waals surface area contributed by atoms with Gasteiger partial charge in [-0.05, 0) is 48.6 Å². The van der Waals surface area contributed by atoms with Crippen molar-refractivity contribution in [2.24, 2.45) is 5.92 Å². The Morgan fingerprint density at radius 3 is 2.41 bits per heavy atom. The fraction of sp³-hybridized carbons (Fsp3) is 0.364. The van der Waals surface area contributed by atoms with E-state index in [9.17, 15) is 9.59 Å². The molecule has 0 heterocycles. The van der Waals surface area contributed by atoms with E-state index in [1.807, 2.05) is 49.4 Å². The fourth-order valence-electron chi connectivity index (χ4n) is 2.63. The van der Waals surface area contributed by atoms with Crippen molar-refractivity contribution in [3.63, 3.8) is 0 Å². The lowest BCUT2D eigenvalue weighted by Crippen LogP contribution is -2.31. The lowest BCUT2D eigenvalue weighted by atomic mass is 10.1. The van der Waals surface area contributed by atoms with Gasteiger partial charge in [0.1, 0.15) is 0 Å². The van der Waals surface area contributed by atoms with Crippen molar-refractivity contribution in [2.45, 2.75) is 27.2 Å². The Balaban J connectivity index is 1.78. The zero-order chi connectivity index (χ0) is 19.6. The zero-order valence-electron chi connectivity index (χ0n) is 16.3. The predicted octanol–water partition coefficient (Wildman–Crippen LogP) is 3.15. The van der Waals surface area contributed by atoms with Gasteiger partial charge in [-0.2, -0.15) is 0 Å². The standard InChI is InChI=1S/C22H29N3O2/c1-16(2)14-25-22(27)19-9-10-20(17(3)13-19)24-15-21(26)23-12-11-18-7-5-4-6-8-18/h4-10,13,16,24H,11-12,14-15H2,1-3H3,(H,23,26)(H,25,27). The van der Waals surface area contributed by atoms with Crippen LogP contribution in [-0.2, 0) is 11.2 Å². The molecule has 0 aliphatic carbocycles. The van der Waals surface area contributed by atoms with Crippen molar-refractivity contribution in [3.8, 4) is 0 Å². The van der Waals surface area contributed by atoms with Crippen LogP contribution in [0.15, 0.2) is 48.5 Å². The molecular formula is C22H29N3O2. The number of anilines is 1. The first kappa shape index (κ1) is 20.5. The third-order valence-corrected chi connectivity index (χ3v) is 4.18. The summed E-state index contributed by atoms with van der Waals surface area (Å²) in [6.07, 6.45) is 0.811. The van der Waals surface area contributed by atoms with Crippen molar-refractivity contribution >= 4 is 17.5 Å². The average molecular weight is 367 g/mol. The molecule has 0 spiro atoms. The summed E-state index contributed by atoms with van der Waals surface area (Å²) in [5, 5.41) is 8.95. The molecule has 3 N–H and O–H groups in total. The lowest BCUT2D eigenvalue weighted by Gasteiger charge is -2.12. The number of amides is 2. The van der Waals surface area contributed by atoms with Crippen molar-refractivity contribution in [2.75, 3.05) is 25.0 Å². The fourth-order valence-corrected chi connectivity index (χ4v) is 2.63. The summed E-state index contributed by atoms with van der Waals surface area (Å²) in [7, 11) is 0. The van der Waals surface area contributed by atoms with Crippen LogP contribution < -0.4 is 16.0 Å². The minimum absolute atomic E-state index is 0.0518. The van der Waals surface area contributed by atoms with Crippen molar-refractivity contribution in [1.82, 2.24) is 10.6 Å². The molecule has 0 unspecified atom stereocenters. The summed E-state index contributed by atoms with van der Waals surface area (Å²) in [6.45, 7) is 7.51. The molecule has 0 radical (unpaired) electrons. The van der Waals surface area contributed by atoms with E-state index < -0.39 is 0 Å². The highest BCUT2D eigenvalue weighted by atomic mass is 16.2.